The van der Waals surface area contributed by atoms with Gasteiger partial charge in [-0.1, -0.05) is 26.0 Å². The van der Waals surface area contributed by atoms with E-state index in [9.17, 15) is 9.59 Å². The maximum absolute atomic E-state index is 12.6. The predicted octanol–water partition coefficient (Wildman–Crippen LogP) is 2.48. The third-order valence-corrected chi connectivity index (χ3v) is 6.10. The van der Waals surface area contributed by atoms with Gasteiger partial charge in [-0.15, -0.1) is 0 Å². The second-order valence-corrected chi connectivity index (χ2v) is 9.09. The quantitative estimate of drug-likeness (QED) is 0.384. The Morgan fingerprint density at radius 1 is 1.00 bits per heavy atom. The third-order valence-electron chi connectivity index (χ3n) is 6.10. The van der Waals surface area contributed by atoms with Crippen LogP contribution in [-0.4, -0.2) is 63.9 Å². The van der Waals surface area contributed by atoms with Gasteiger partial charge in [0.25, 0.3) is 0 Å². The largest absolute Gasteiger partial charge is 0.399 e. The first-order valence-corrected chi connectivity index (χ1v) is 11.8. The van der Waals surface area contributed by atoms with E-state index in [0.29, 0.717) is 55.7 Å². The normalized spacial score (nSPS) is 15.2. The molecule has 2 heterocycles. The van der Waals surface area contributed by atoms with E-state index in [0.717, 1.165) is 10.9 Å². The summed E-state index contributed by atoms with van der Waals surface area (Å²) in [5, 5.41) is 6.98. The summed E-state index contributed by atoms with van der Waals surface area (Å²) in [6.07, 6.45) is 0. The van der Waals surface area contributed by atoms with Crippen LogP contribution < -0.4 is 22.1 Å². The molecule has 0 unspecified atom stereocenters. The lowest BCUT2D eigenvalue weighted by atomic mass is 10.0. The van der Waals surface area contributed by atoms with Crippen molar-refractivity contribution in [1.29, 1.82) is 0 Å². The van der Waals surface area contributed by atoms with Crippen LogP contribution >= 0.6 is 0 Å². The van der Waals surface area contributed by atoms with E-state index in [4.69, 9.17) is 21.4 Å². The Labute approximate surface area is 204 Å². The minimum atomic E-state index is -0.538. The second-order valence-electron chi connectivity index (χ2n) is 9.09. The van der Waals surface area contributed by atoms with Crippen molar-refractivity contribution in [1.82, 2.24) is 19.8 Å². The smallest absolute Gasteiger partial charge is 0.321 e. The zero-order valence-corrected chi connectivity index (χ0v) is 20.1. The van der Waals surface area contributed by atoms with Crippen molar-refractivity contribution in [2.75, 3.05) is 42.5 Å². The van der Waals surface area contributed by atoms with Crippen molar-refractivity contribution < 1.29 is 9.59 Å². The highest BCUT2D eigenvalue weighted by Crippen LogP contribution is 2.23. The summed E-state index contributed by atoms with van der Waals surface area (Å²) in [6.45, 7) is 7.00. The molecule has 1 aromatic heterocycles. The van der Waals surface area contributed by atoms with Crippen molar-refractivity contribution in [3.05, 3.63) is 54.4 Å². The monoisotopic (exact) mass is 476 g/mol. The number of urea groups is 1. The lowest BCUT2D eigenvalue weighted by Gasteiger charge is -2.34. The fourth-order valence-electron chi connectivity index (χ4n) is 4.10. The van der Waals surface area contributed by atoms with E-state index in [2.05, 4.69) is 15.5 Å². The number of nitrogen functional groups attached to an aromatic ring is 1. The number of rotatable bonds is 7. The van der Waals surface area contributed by atoms with Crippen LogP contribution in [0.15, 0.2) is 48.5 Å². The molecule has 0 radical (unpaired) electrons. The number of benzene rings is 2. The van der Waals surface area contributed by atoms with Crippen LogP contribution in [0.25, 0.3) is 10.9 Å². The van der Waals surface area contributed by atoms with Gasteiger partial charge in [-0.25, -0.2) is 14.8 Å². The first-order chi connectivity index (χ1) is 16.8. The topological polar surface area (TPSA) is 142 Å². The molecular weight excluding hydrogens is 444 g/mol. The van der Waals surface area contributed by atoms with Crippen molar-refractivity contribution in [2.45, 2.75) is 26.4 Å². The molecule has 4 rings (SSSR count). The van der Waals surface area contributed by atoms with E-state index in [-0.39, 0.29) is 11.9 Å². The summed E-state index contributed by atoms with van der Waals surface area (Å²) < 4.78 is 0. The number of primary amides is 1. The zero-order chi connectivity index (χ0) is 24.9. The number of hydrogen-bond donors (Lipinski definition) is 4. The number of nitrogens with two attached hydrogens (primary N) is 2. The number of piperazine rings is 1. The van der Waals surface area contributed by atoms with Gasteiger partial charge in [0.15, 0.2) is 0 Å². The second kappa shape index (κ2) is 10.6. The Morgan fingerprint density at radius 2 is 1.69 bits per heavy atom. The van der Waals surface area contributed by atoms with Gasteiger partial charge in [0.1, 0.15) is 17.7 Å². The number of aromatic nitrogens is 2. The van der Waals surface area contributed by atoms with Gasteiger partial charge in [0.2, 0.25) is 5.91 Å². The highest BCUT2D eigenvalue weighted by atomic mass is 16.2. The minimum Gasteiger partial charge on any atom is -0.399 e. The molecule has 1 atom stereocenters. The molecule has 1 fully saturated rings. The molecule has 10 heteroatoms. The molecule has 2 aromatic carbocycles. The molecule has 0 aliphatic carbocycles. The molecule has 3 amide bonds. The lowest BCUT2D eigenvalue weighted by molar-refractivity contribution is -0.119. The SMILES string of the molecule is CC(C)[C@H](Nc1nc(CN2CCN(C(=O)Nc3ccc(N)cc3)CC2)nc2ccccc12)C(N)=O. The molecule has 35 heavy (non-hydrogen) atoms. The summed E-state index contributed by atoms with van der Waals surface area (Å²) in [5.41, 5.74) is 13.5. The summed E-state index contributed by atoms with van der Waals surface area (Å²) in [6, 6.07) is 14.1. The molecular formula is C25H32N8O2. The first-order valence-electron chi connectivity index (χ1n) is 11.8. The fraction of sp³-hybridized carbons (Fsp3) is 0.360. The number of amides is 3. The van der Waals surface area contributed by atoms with Gasteiger partial charge < -0.3 is 27.0 Å². The van der Waals surface area contributed by atoms with E-state index in [1.165, 1.54) is 0 Å². The molecule has 3 aromatic rings. The first kappa shape index (κ1) is 24.2. The molecule has 1 aliphatic rings. The number of carbonyl (C=O) groups excluding carboxylic acids is 2. The summed E-state index contributed by atoms with van der Waals surface area (Å²) >= 11 is 0. The van der Waals surface area contributed by atoms with E-state index in [1.807, 2.05) is 38.1 Å². The molecule has 0 spiro atoms. The summed E-state index contributed by atoms with van der Waals surface area (Å²) in [4.78, 5) is 38.1. The zero-order valence-electron chi connectivity index (χ0n) is 20.1. The molecule has 0 saturated carbocycles. The summed E-state index contributed by atoms with van der Waals surface area (Å²) in [5.74, 6) is 0.845. The van der Waals surface area contributed by atoms with Crippen LogP contribution in [-0.2, 0) is 11.3 Å². The Hall–Kier alpha value is -3.92. The van der Waals surface area contributed by atoms with Crippen LogP contribution in [0.3, 0.4) is 0 Å². The molecule has 184 valence electrons. The fourth-order valence-corrected chi connectivity index (χ4v) is 4.10. The van der Waals surface area contributed by atoms with E-state index >= 15 is 0 Å². The van der Waals surface area contributed by atoms with Gasteiger partial charge >= 0.3 is 6.03 Å². The number of nitrogens with one attached hydrogen (secondary N) is 2. The van der Waals surface area contributed by atoms with Crippen molar-refractivity contribution in [2.24, 2.45) is 11.7 Å². The van der Waals surface area contributed by atoms with Crippen LogP contribution in [0, 0.1) is 5.92 Å². The number of nitrogens with zero attached hydrogens (tertiary/aromatic N) is 4. The average molecular weight is 477 g/mol. The van der Waals surface area contributed by atoms with Gasteiger partial charge in [0.05, 0.1) is 12.1 Å². The number of para-hydroxylation sites is 1. The van der Waals surface area contributed by atoms with Crippen molar-refractivity contribution in [3.63, 3.8) is 0 Å². The molecule has 10 nitrogen and oxygen atoms in total. The Bertz CT molecular complexity index is 1190. The van der Waals surface area contributed by atoms with Gasteiger partial charge in [-0.05, 0) is 42.3 Å². The number of anilines is 3. The van der Waals surface area contributed by atoms with E-state index in [1.54, 1.807) is 29.2 Å². The van der Waals surface area contributed by atoms with Crippen LogP contribution in [0.1, 0.15) is 19.7 Å². The third kappa shape index (κ3) is 5.96. The summed E-state index contributed by atoms with van der Waals surface area (Å²) in [7, 11) is 0. The maximum atomic E-state index is 12.6. The molecule has 1 saturated heterocycles. The number of carbonyl (C=O) groups is 2. The highest BCUT2D eigenvalue weighted by molar-refractivity contribution is 5.92. The standard InChI is InChI=1S/C25H32N8O2/c1-16(2)22(23(27)34)31-24-19-5-3-4-6-20(19)29-21(30-24)15-32-11-13-33(14-12-32)25(35)28-18-9-7-17(26)8-10-18/h3-10,16,22H,11-15,26H2,1-2H3,(H2,27,34)(H,28,35)(H,29,30,31)/t22-/m0/s1. The van der Waals surface area contributed by atoms with Crippen LogP contribution in [0.2, 0.25) is 0 Å². The number of hydrogen-bond acceptors (Lipinski definition) is 7. The predicted molar refractivity (Wildman–Crippen MR) is 138 cm³/mol. The van der Waals surface area contributed by atoms with Crippen LogP contribution in [0.4, 0.5) is 22.0 Å². The highest BCUT2D eigenvalue weighted by Gasteiger charge is 2.24. The van der Waals surface area contributed by atoms with Gasteiger partial charge in [-0.2, -0.15) is 0 Å². The minimum absolute atomic E-state index is 0.0112. The lowest BCUT2D eigenvalue weighted by Crippen LogP contribution is -2.49. The Kier molecular flexibility index (Phi) is 7.31. The van der Waals surface area contributed by atoms with Crippen molar-refractivity contribution in [3.8, 4) is 0 Å². The maximum Gasteiger partial charge on any atom is 0.321 e. The Balaban J connectivity index is 1.42. The average Bonchev–Trinajstić information content (AvgIpc) is 2.84. The van der Waals surface area contributed by atoms with Crippen LogP contribution in [0.5, 0.6) is 0 Å². The number of fused-ring (bicyclic) bond motifs is 1. The Morgan fingerprint density at radius 3 is 2.34 bits per heavy atom. The molecule has 1 aliphatic heterocycles. The van der Waals surface area contributed by atoms with Gasteiger partial charge in [0, 0.05) is 42.9 Å². The molecule has 0 bridgehead atoms. The van der Waals surface area contributed by atoms with E-state index < -0.39 is 11.9 Å². The van der Waals surface area contributed by atoms with Crippen molar-refractivity contribution >= 4 is 40.0 Å². The van der Waals surface area contributed by atoms with Gasteiger partial charge in [-0.3, -0.25) is 9.69 Å². The molecule has 6 N–H and O–H groups in total.